The zero-order chi connectivity index (χ0) is 14.0. The Balaban J connectivity index is 2.21. The average Bonchev–Trinajstić information content (AvgIpc) is 3.00. The van der Waals surface area contributed by atoms with Gasteiger partial charge in [0.15, 0.2) is 0 Å². The van der Waals surface area contributed by atoms with Crippen LogP contribution in [0.1, 0.15) is 32.6 Å². The quantitative estimate of drug-likeness (QED) is 0.805. The molecule has 7 heteroatoms. The van der Waals surface area contributed by atoms with Crippen molar-refractivity contribution in [1.82, 2.24) is 4.31 Å². The van der Waals surface area contributed by atoms with Crippen molar-refractivity contribution in [3.8, 4) is 0 Å². The zero-order valence-corrected chi connectivity index (χ0v) is 11.9. The fourth-order valence-corrected chi connectivity index (χ4v) is 5.30. The van der Waals surface area contributed by atoms with Gasteiger partial charge in [0, 0.05) is 6.54 Å². The fourth-order valence-electron chi connectivity index (χ4n) is 3.04. The highest BCUT2D eigenvalue weighted by molar-refractivity contribution is 7.89. The normalized spacial score (nSPS) is 29.2. The monoisotopic (exact) mass is 291 g/mol. The number of carbonyl (C=O) groups is 1. The molecular formula is C12H21NO5S. The molecule has 2 rings (SSSR count). The van der Waals surface area contributed by atoms with E-state index in [2.05, 4.69) is 0 Å². The Hall–Kier alpha value is -0.660. The van der Waals surface area contributed by atoms with E-state index in [9.17, 15) is 13.2 Å². The number of sulfonamides is 1. The van der Waals surface area contributed by atoms with Gasteiger partial charge < -0.3 is 9.84 Å². The molecule has 19 heavy (non-hydrogen) atoms. The lowest BCUT2D eigenvalue weighted by Gasteiger charge is -2.30. The molecule has 1 aliphatic carbocycles. The van der Waals surface area contributed by atoms with Crippen LogP contribution >= 0.6 is 0 Å². The second-order valence-electron chi connectivity index (χ2n) is 5.20. The Labute approximate surface area is 113 Å². The summed E-state index contributed by atoms with van der Waals surface area (Å²) in [6.07, 6.45) is 3.24. The zero-order valence-electron chi connectivity index (χ0n) is 11.1. The maximum atomic E-state index is 12.6. The molecule has 2 fully saturated rings. The first kappa shape index (κ1) is 14.7. The van der Waals surface area contributed by atoms with Crippen molar-refractivity contribution in [3.63, 3.8) is 0 Å². The molecule has 0 aromatic rings. The van der Waals surface area contributed by atoms with Crippen LogP contribution in [-0.2, 0) is 19.6 Å². The molecule has 6 nitrogen and oxygen atoms in total. The molecule has 2 aliphatic rings. The van der Waals surface area contributed by atoms with Gasteiger partial charge in [-0.1, -0.05) is 19.8 Å². The number of carboxylic acids is 1. The van der Waals surface area contributed by atoms with Gasteiger partial charge in [0.2, 0.25) is 10.0 Å². The summed E-state index contributed by atoms with van der Waals surface area (Å²) in [6.45, 7) is 2.33. The van der Waals surface area contributed by atoms with E-state index < -0.39 is 28.0 Å². The molecule has 1 heterocycles. The molecular weight excluding hydrogens is 270 g/mol. The molecule has 0 aromatic heterocycles. The molecule has 2 atom stereocenters. The number of hydrogen-bond acceptors (Lipinski definition) is 4. The van der Waals surface area contributed by atoms with E-state index in [4.69, 9.17) is 9.84 Å². The number of nitrogens with zero attached hydrogens (tertiary/aromatic N) is 1. The Bertz CT molecular complexity index is 429. The van der Waals surface area contributed by atoms with Crippen molar-refractivity contribution in [3.05, 3.63) is 0 Å². The van der Waals surface area contributed by atoms with E-state index >= 15 is 0 Å². The van der Waals surface area contributed by atoms with Crippen molar-refractivity contribution in [2.45, 2.75) is 43.9 Å². The number of hydrogen-bond donors (Lipinski definition) is 1. The van der Waals surface area contributed by atoms with Gasteiger partial charge in [-0.3, -0.25) is 4.79 Å². The Morgan fingerprint density at radius 3 is 2.47 bits per heavy atom. The van der Waals surface area contributed by atoms with Crippen LogP contribution in [0.2, 0.25) is 0 Å². The van der Waals surface area contributed by atoms with E-state index in [0.717, 1.165) is 12.8 Å². The van der Waals surface area contributed by atoms with Gasteiger partial charge >= 0.3 is 5.97 Å². The Kier molecular flexibility index (Phi) is 4.47. The van der Waals surface area contributed by atoms with Crippen LogP contribution in [0, 0.1) is 5.92 Å². The lowest BCUT2D eigenvalue weighted by Crippen LogP contribution is -2.49. The van der Waals surface area contributed by atoms with Crippen LogP contribution in [0.3, 0.4) is 0 Å². The molecule has 2 unspecified atom stereocenters. The highest BCUT2D eigenvalue weighted by Crippen LogP contribution is 2.31. The highest BCUT2D eigenvalue weighted by atomic mass is 32.2. The molecule has 1 N–H and O–H groups in total. The van der Waals surface area contributed by atoms with Crippen molar-refractivity contribution in [2.24, 2.45) is 5.92 Å². The van der Waals surface area contributed by atoms with Crippen LogP contribution < -0.4 is 0 Å². The summed E-state index contributed by atoms with van der Waals surface area (Å²) in [7, 11) is -3.41. The van der Waals surface area contributed by atoms with Gasteiger partial charge in [-0.25, -0.2) is 8.42 Å². The summed E-state index contributed by atoms with van der Waals surface area (Å²) < 4.78 is 31.7. The standard InChI is InChI=1S/C12H21NO5S/c1-2-13(11-8-18-7-10(11)12(14)15)19(16,17)9-5-3-4-6-9/h9-11H,2-8H2,1H3,(H,14,15). The lowest BCUT2D eigenvalue weighted by atomic mass is 10.0. The summed E-state index contributed by atoms with van der Waals surface area (Å²) in [6, 6.07) is -0.562. The summed E-state index contributed by atoms with van der Waals surface area (Å²) >= 11 is 0. The number of likely N-dealkylation sites (N-methyl/N-ethyl adjacent to an activating group) is 1. The predicted octanol–water partition coefficient (Wildman–Crippen LogP) is 0.680. The van der Waals surface area contributed by atoms with E-state index in [0.29, 0.717) is 19.4 Å². The van der Waals surface area contributed by atoms with Crippen LogP contribution in [0.5, 0.6) is 0 Å². The molecule has 110 valence electrons. The summed E-state index contributed by atoms with van der Waals surface area (Å²) in [5.74, 6) is -1.74. The number of aliphatic carboxylic acids is 1. The maximum Gasteiger partial charge on any atom is 0.310 e. The first-order chi connectivity index (χ1) is 8.98. The minimum absolute atomic E-state index is 0.0939. The number of rotatable bonds is 5. The van der Waals surface area contributed by atoms with E-state index in [1.807, 2.05) is 0 Å². The summed E-state index contributed by atoms with van der Waals surface area (Å²) in [4.78, 5) is 11.2. The minimum Gasteiger partial charge on any atom is -0.481 e. The lowest BCUT2D eigenvalue weighted by molar-refractivity contribution is -0.142. The van der Waals surface area contributed by atoms with Gasteiger partial charge in [-0.2, -0.15) is 4.31 Å². The third kappa shape index (κ3) is 2.78. The topological polar surface area (TPSA) is 83.9 Å². The third-order valence-electron chi connectivity index (χ3n) is 4.10. The molecule has 1 saturated carbocycles. The molecule has 0 aromatic carbocycles. The van der Waals surface area contributed by atoms with Gasteiger partial charge in [0.25, 0.3) is 0 Å². The molecule has 1 aliphatic heterocycles. The SMILES string of the molecule is CCN(C1COCC1C(=O)O)S(=O)(=O)C1CCCC1. The van der Waals surface area contributed by atoms with Crippen molar-refractivity contribution in [2.75, 3.05) is 19.8 Å². The molecule has 1 saturated heterocycles. The fraction of sp³-hybridized carbons (Fsp3) is 0.917. The predicted molar refractivity (Wildman–Crippen MR) is 69.3 cm³/mol. The molecule has 0 spiro atoms. The maximum absolute atomic E-state index is 12.6. The third-order valence-corrected chi connectivity index (χ3v) is 6.60. The summed E-state index contributed by atoms with van der Waals surface area (Å²) in [5.41, 5.74) is 0. The van der Waals surface area contributed by atoms with Crippen molar-refractivity contribution >= 4 is 16.0 Å². The molecule has 0 amide bonds. The van der Waals surface area contributed by atoms with Crippen molar-refractivity contribution < 1.29 is 23.1 Å². The number of ether oxygens (including phenoxy) is 1. The second kappa shape index (κ2) is 5.76. The van der Waals surface area contributed by atoms with Gasteiger partial charge in [-0.05, 0) is 12.8 Å². The average molecular weight is 291 g/mol. The largest absolute Gasteiger partial charge is 0.481 e. The second-order valence-corrected chi connectivity index (χ2v) is 7.37. The van der Waals surface area contributed by atoms with Gasteiger partial charge in [0.05, 0.1) is 30.4 Å². The molecule has 0 bridgehead atoms. The van der Waals surface area contributed by atoms with Gasteiger partial charge in [-0.15, -0.1) is 0 Å². The van der Waals surface area contributed by atoms with Crippen LogP contribution in [-0.4, -0.2) is 54.8 Å². The minimum atomic E-state index is -3.41. The summed E-state index contributed by atoms with van der Waals surface area (Å²) in [5, 5.41) is 8.81. The first-order valence-electron chi connectivity index (χ1n) is 6.79. The highest BCUT2D eigenvalue weighted by Gasteiger charge is 2.44. The van der Waals surface area contributed by atoms with Crippen LogP contribution in [0.25, 0.3) is 0 Å². The van der Waals surface area contributed by atoms with Crippen molar-refractivity contribution in [1.29, 1.82) is 0 Å². The van der Waals surface area contributed by atoms with Crippen LogP contribution in [0.15, 0.2) is 0 Å². The smallest absolute Gasteiger partial charge is 0.310 e. The van der Waals surface area contributed by atoms with Crippen LogP contribution in [0.4, 0.5) is 0 Å². The number of carboxylic acid groups (broad SMARTS) is 1. The van der Waals surface area contributed by atoms with Gasteiger partial charge in [0.1, 0.15) is 0 Å². The van der Waals surface area contributed by atoms with E-state index in [1.165, 1.54) is 4.31 Å². The molecule has 0 radical (unpaired) electrons. The first-order valence-corrected chi connectivity index (χ1v) is 8.30. The Morgan fingerprint density at radius 1 is 1.32 bits per heavy atom. The van der Waals surface area contributed by atoms with E-state index in [-0.39, 0.29) is 18.5 Å². The Morgan fingerprint density at radius 2 is 1.95 bits per heavy atom. The van der Waals surface area contributed by atoms with E-state index in [1.54, 1.807) is 6.92 Å².